The van der Waals surface area contributed by atoms with Crippen LogP contribution >= 0.6 is 8.09 Å². The molecule has 84 valence electrons. The fourth-order valence-electron chi connectivity index (χ4n) is 0.853. The van der Waals surface area contributed by atoms with Gasteiger partial charge >= 0.3 is 14.1 Å². The molecule has 0 aliphatic heterocycles. The predicted octanol–water partition coefficient (Wildman–Crippen LogP) is 1.44. The number of hydrogen-bond donors (Lipinski definition) is 2. The smallest absolute Gasteiger partial charge is 0.349 e. The van der Waals surface area contributed by atoms with E-state index in [4.69, 9.17) is 19.3 Å². The van der Waals surface area contributed by atoms with Gasteiger partial charge in [-0.25, -0.2) is 4.79 Å². The Morgan fingerprint density at radius 3 is 1.71 bits per heavy atom. The largest absolute Gasteiger partial charge is 0.532 e. The number of carbonyl (C=O) groups is 1. The molecule has 0 aliphatic carbocycles. The van der Waals surface area contributed by atoms with E-state index in [1.165, 1.54) is 0 Å². The fourth-order valence-corrected chi connectivity index (χ4v) is 2.56. The van der Waals surface area contributed by atoms with Crippen molar-refractivity contribution < 1.29 is 18.4 Å². The van der Waals surface area contributed by atoms with Gasteiger partial charge in [-0.2, -0.15) is 13.6 Å². The number of urea groups is 1. The fraction of sp³-hybridized carbons (Fsp3) is 0.857. The van der Waals surface area contributed by atoms with Gasteiger partial charge in [-0.3, -0.25) is 0 Å². The zero-order valence-electron chi connectivity index (χ0n) is 8.78. The quantitative estimate of drug-likeness (QED) is 0.642. The summed E-state index contributed by atoms with van der Waals surface area (Å²) in [5, 5.41) is 2.38. The molecule has 0 atom stereocenters. The molecule has 7 heteroatoms. The summed E-state index contributed by atoms with van der Waals surface area (Å²) < 4.78 is 15.8. The van der Waals surface area contributed by atoms with Gasteiger partial charge in [-0.15, -0.1) is 5.09 Å². The Kier molecular flexibility index (Phi) is 6.74. The van der Waals surface area contributed by atoms with Gasteiger partial charge < -0.3 is 5.73 Å². The summed E-state index contributed by atoms with van der Waals surface area (Å²) >= 11 is 0. The molecule has 0 saturated carbocycles. The van der Waals surface area contributed by atoms with Gasteiger partial charge in [0.1, 0.15) is 0 Å². The van der Waals surface area contributed by atoms with E-state index >= 15 is 0 Å². The summed E-state index contributed by atoms with van der Waals surface area (Å²) in [6.45, 7) is 6.51. The van der Waals surface area contributed by atoms with E-state index in [2.05, 4.69) is 5.09 Å². The molecule has 0 radical (unpaired) electrons. The Morgan fingerprint density at radius 1 is 1.14 bits per heavy atom. The molecule has 0 unspecified atom stereocenters. The second-order valence-corrected chi connectivity index (χ2v) is 4.22. The van der Waals surface area contributed by atoms with Crippen molar-refractivity contribution >= 4 is 14.1 Å². The van der Waals surface area contributed by atoms with Crippen LogP contribution in [-0.2, 0) is 13.6 Å². The van der Waals surface area contributed by atoms with Crippen LogP contribution in [0.2, 0.25) is 0 Å². The van der Waals surface area contributed by atoms with Crippen LogP contribution in [0.15, 0.2) is 0 Å². The van der Waals surface area contributed by atoms with Crippen molar-refractivity contribution in [3.63, 3.8) is 0 Å². The molecule has 0 aromatic heterocycles. The summed E-state index contributed by atoms with van der Waals surface area (Å²) in [5.74, 6) is 0. The number of carbonyl (C=O) groups excluding carboxylic acids is 1. The molecule has 0 heterocycles. The van der Waals surface area contributed by atoms with Gasteiger partial charge in [0.05, 0.1) is 19.8 Å². The van der Waals surface area contributed by atoms with Gasteiger partial charge in [0.25, 0.3) is 0 Å². The number of hydrogen-bond acceptors (Lipinski definition) is 4. The zero-order valence-corrected chi connectivity index (χ0v) is 9.67. The number of nitrogens with two attached hydrogens (primary N) is 1. The van der Waals surface area contributed by atoms with Crippen molar-refractivity contribution in [2.75, 3.05) is 19.8 Å². The number of rotatable bonds is 7. The van der Waals surface area contributed by atoms with E-state index in [1.54, 1.807) is 20.8 Å². The molecular weight excluding hydrogens is 207 g/mol. The first-order valence-corrected chi connectivity index (χ1v) is 6.04. The van der Waals surface area contributed by atoms with Crippen molar-refractivity contribution in [3.8, 4) is 0 Å². The summed E-state index contributed by atoms with van der Waals surface area (Å²) in [4.78, 5) is 10.7. The lowest BCUT2D eigenvalue weighted by molar-refractivity contribution is 0.143. The monoisotopic (exact) mass is 225 g/mol. The van der Waals surface area contributed by atoms with Crippen molar-refractivity contribution in [2.24, 2.45) is 5.73 Å². The molecule has 0 aromatic carbocycles. The van der Waals surface area contributed by atoms with Crippen molar-refractivity contribution in [1.29, 1.82) is 0 Å². The highest BCUT2D eigenvalue weighted by Crippen LogP contribution is 2.57. The summed E-state index contributed by atoms with van der Waals surface area (Å²) in [7, 11) is -2.78. The molecule has 6 nitrogen and oxygen atoms in total. The highest BCUT2D eigenvalue weighted by atomic mass is 31.2. The Morgan fingerprint density at radius 2 is 1.50 bits per heavy atom. The molecule has 0 bridgehead atoms. The molecule has 2 amide bonds. The first-order chi connectivity index (χ1) is 6.60. The summed E-state index contributed by atoms with van der Waals surface area (Å²) in [6, 6.07) is -0.714. The Bertz CT molecular complexity index is 162. The van der Waals surface area contributed by atoms with E-state index in [-0.39, 0.29) is 0 Å². The van der Waals surface area contributed by atoms with Crippen LogP contribution in [0.25, 0.3) is 0 Å². The van der Waals surface area contributed by atoms with Crippen LogP contribution in [0.3, 0.4) is 0 Å². The van der Waals surface area contributed by atoms with Crippen molar-refractivity contribution in [3.05, 3.63) is 0 Å². The SMILES string of the molecule is CCO[P+](NC(N)=O)(OCC)OCC. The molecule has 0 aliphatic rings. The third-order valence-electron chi connectivity index (χ3n) is 1.14. The molecular formula is C7H18N2O4P+. The summed E-state index contributed by atoms with van der Waals surface area (Å²) in [5.41, 5.74) is 5.01. The Hall–Kier alpha value is -0.420. The molecule has 0 rings (SSSR count). The number of amides is 2. The summed E-state index contributed by atoms with van der Waals surface area (Å²) in [6.07, 6.45) is 0. The van der Waals surface area contributed by atoms with Crippen LogP contribution < -0.4 is 10.8 Å². The molecule has 0 aromatic rings. The minimum Gasteiger partial charge on any atom is -0.349 e. The Labute approximate surface area is 84.7 Å². The van der Waals surface area contributed by atoms with Crippen molar-refractivity contribution in [1.82, 2.24) is 5.09 Å². The first kappa shape index (κ1) is 13.6. The highest BCUT2D eigenvalue weighted by Gasteiger charge is 2.47. The highest BCUT2D eigenvalue weighted by molar-refractivity contribution is 7.60. The maximum Gasteiger partial charge on any atom is 0.532 e. The van der Waals surface area contributed by atoms with Crippen LogP contribution in [0, 0.1) is 0 Å². The van der Waals surface area contributed by atoms with Gasteiger partial charge in [0.2, 0.25) is 0 Å². The molecule has 0 fully saturated rings. The van der Waals surface area contributed by atoms with E-state index in [0.717, 1.165) is 0 Å². The van der Waals surface area contributed by atoms with Crippen molar-refractivity contribution in [2.45, 2.75) is 20.8 Å². The van der Waals surface area contributed by atoms with E-state index in [9.17, 15) is 4.79 Å². The minimum atomic E-state index is -2.78. The molecule has 3 N–H and O–H groups in total. The average Bonchev–Trinajstić information content (AvgIpc) is 2.03. The second-order valence-electron chi connectivity index (χ2n) is 2.23. The van der Waals surface area contributed by atoms with E-state index < -0.39 is 14.1 Å². The van der Waals surface area contributed by atoms with Crippen LogP contribution in [-0.4, -0.2) is 25.9 Å². The lowest BCUT2D eigenvalue weighted by Crippen LogP contribution is -2.33. The van der Waals surface area contributed by atoms with Gasteiger partial charge in [0.15, 0.2) is 0 Å². The second kappa shape index (κ2) is 6.95. The lowest BCUT2D eigenvalue weighted by Gasteiger charge is -2.18. The molecule has 0 saturated heterocycles. The minimum absolute atomic E-state index is 0.383. The molecule has 0 spiro atoms. The van der Waals surface area contributed by atoms with Crippen LogP contribution in [0.5, 0.6) is 0 Å². The maximum absolute atomic E-state index is 10.7. The lowest BCUT2D eigenvalue weighted by atomic mass is 10.9. The van der Waals surface area contributed by atoms with Gasteiger partial charge in [-0.05, 0) is 20.8 Å². The maximum atomic E-state index is 10.7. The Balaban J connectivity index is 4.45. The van der Waals surface area contributed by atoms with Gasteiger partial charge in [-0.1, -0.05) is 0 Å². The topological polar surface area (TPSA) is 82.8 Å². The van der Waals surface area contributed by atoms with E-state index in [0.29, 0.717) is 19.8 Å². The third-order valence-corrected chi connectivity index (χ3v) is 3.43. The standard InChI is InChI=1S/C7H17N2O4P/c1-4-11-14(12-5-2,13-6-3)9-7(8)10/h4-6H2,1-3H3,(H2-,8,9,10)/p+1. The number of nitrogens with one attached hydrogen (secondary N) is 1. The molecule has 14 heavy (non-hydrogen) atoms. The van der Waals surface area contributed by atoms with Gasteiger partial charge in [0, 0.05) is 0 Å². The normalized spacial score (nSPS) is 11.4. The number of primary amides is 1. The average molecular weight is 225 g/mol. The predicted molar refractivity (Wildman–Crippen MR) is 54.5 cm³/mol. The van der Waals surface area contributed by atoms with Crippen LogP contribution in [0.4, 0.5) is 4.79 Å². The third kappa shape index (κ3) is 4.72. The first-order valence-electron chi connectivity index (χ1n) is 4.50. The van der Waals surface area contributed by atoms with Crippen LogP contribution in [0.1, 0.15) is 20.8 Å². The van der Waals surface area contributed by atoms with E-state index in [1.807, 2.05) is 0 Å². The zero-order chi connectivity index (χ0) is 11.0.